The van der Waals surface area contributed by atoms with Gasteiger partial charge in [-0.25, -0.2) is 0 Å². The topological polar surface area (TPSA) is 40.5 Å². The Kier molecular flexibility index (Phi) is 3.88. The van der Waals surface area contributed by atoms with Crippen LogP contribution in [0, 0.1) is 0 Å². The molecule has 2 aliphatic carbocycles. The zero-order valence-corrected chi connectivity index (χ0v) is 15.2. The van der Waals surface area contributed by atoms with Crippen molar-refractivity contribution in [2.24, 2.45) is 0 Å². The van der Waals surface area contributed by atoms with Gasteiger partial charge in [-0.3, -0.25) is 0 Å². The van der Waals surface area contributed by atoms with Crippen LogP contribution in [0.1, 0.15) is 30.9 Å². The number of hydrogen-bond acceptors (Lipinski definition) is 2. The maximum absolute atomic E-state index is 10.7. The molecule has 2 atom stereocenters. The summed E-state index contributed by atoms with van der Waals surface area (Å²) in [5, 5.41) is 21.4. The van der Waals surface area contributed by atoms with Crippen molar-refractivity contribution >= 4 is 19.7 Å². The van der Waals surface area contributed by atoms with Gasteiger partial charge in [0.05, 0.1) is 9.44 Å². The molecule has 3 rings (SSSR count). The van der Waals surface area contributed by atoms with Crippen LogP contribution in [-0.2, 0) is 6.42 Å². The lowest BCUT2D eigenvalue weighted by molar-refractivity contribution is 0.0741. The molecular weight excluding hydrogens is 300 g/mol. The number of benzene rings is 1. The second kappa shape index (κ2) is 5.89. The molecule has 1 aromatic rings. The largest absolute Gasteiger partial charge is 0.386 e. The molecule has 2 aliphatic rings. The van der Waals surface area contributed by atoms with E-state index in [0.717, 1.165) is 41.5 Å². The number of aryl methyl sites for hydroxylation is 1. The minimum atomic E-state index is -1.92. The van der Waals surface area contributed by atoms with E-state index < -0.39 is 20.3 Å². The molecule has 0 amide bonds. The summed E-state index contributed by atoms with van der Waals surface area (Å²) < 4.78 is 8.71. The molecule has 0 bridgehead atoms. The van der Waals surface area contributed by atoms with E-state index in [9.17, 15) is 10.2 Å². The highest BCUT2D eigenvalue weighted by Crippen LogP contribution is 2.46. The average molecular weight is 328 g/mol. The summed E-state index contributed by atoms with van der Waals surface area (Å²) in [6.45, 7) is 10.3. The van der Waals surface area contributed by atoms with Gasteiger partial charge in [-0.05, 0) is 52.7 Å². The Morgan fingerprint density at radius 3 is 2.61 bits per heavy atom. The van der Waals surface area contributed by atoms with E-state index in [-0.39, 0.29) is 0 Å². The van der Waals surface area contributed by atoms with Gasteiger partial charge in [0.1, 0.15) is 12.2 Å². The summed E-state index contributed by atoms with van der Waals surface area (Å²) in [6, 6.07) is 6.17. The van der Waals surface area contributed by atoms with Gasteiger partial charge in [-0.15, -0.1) is 0 Å². The van der Waals surface area contributed by atoms with Crippen molar-refractivity contribution in [3.63, 3.8) is 0 Å². The Morgan fingerprint density at radius 2 is 1.96 bits per heavy atom. The third-order valence-corrected chi connectivity index (χ3v) is 5.62. The van der Waals surface area contributed by atoms with Gasteiger partial charge < -0.3 is 10.2 Å². The Hall–Kier alpha value is -1.42. The third-order valence-electron chi connectivity index (χ3n) is 4.60. The molecular formula is C20H26O2Si. The molecule has 2 nitrogen and oxygen atoms in total. The van der Waals surface area contributed by atoms with Crippen LogP contribution in [0.4, 0.5) is 0 Å². The molecule has 0 saturated heterocycles. The van der Waals surface area contributed by atoms with E-state index in [1.165, 1.54) is 5.56 Å². The van der Waals surface area contributed by atoms with Gasteiger partial charge in [0.2, 0.25) is 0 Å². The van der Waals surface area contributed by atoms with Crippen molar-refractivity contribution in [2.45, 2.75) is 51.1 Å². The standard InChI is InChI=1S/C20H26O2Si/c1-5-13-8-6-9-14-10-7-11-15-18(17(13)14)16(12-23(2,3)4)20(22)19(15)21/h5-6,8-9,12,19-22H,1,7,10-11H2,2-4H3/b16-12-/i12D. The second-order valence-corrected chi connectivity index (χ2v) is 12.3. The molecule has 23 heavy (non-hydrogen) atoms. The number of hydrogen-bond donors (Lipinski definition) is 2. The van der Waals surface area contributed by atoms with Crippen LogP contribution in [0.5, 0.6) is 0 Å². The van der Waals surface area contributed by atoms with Crippen LogP contribution in [0.15, 0.2) is 41.6 Å². The van der Waals surface area contributed by atoms with Gasteiger partial charge in [-0.1, -0.05) is 56.2 Å². The van der Waals surface area contributed by atoms with Gasteiger partial charge >= 0.3 is 0 Å². The van der Waals surface area contributed by atoms with Crippen molar-refractivity contribution in [2.75, 3.05) is 0 Å². The Bertz CT molecular complexity index is 755. The summed E-state index contributed by atoms with van der Waals surface area (Å²) in [6.07, 6.45) is 2.61. The zero-order valence-electron chi connectivity index (χ0n) is 15.2. The molecule has 0 heterocycles. The summed E-state index contributed by atoms with van der Waals surface area (Å²) in [7, 11) is -1.92. The SMILES string of the molecule is [2H]/C(=C1\C2=C(CCCc3cccc(C=C)c32)C(O)C1O)[Si](C)(C)C. The van der Waals surface area contributed by atoms with Crippen molar-refractivity contribution in [3.8, 4) is 0 Å². The Labute approximate surface area is 141 Å². The highest BCUT2D eigenvalue weighted by Gasteiger charge is 2.39. The first kappa shape index (κ1) is 15.1. The first-order chi connectivity index (χ1) is 11.3. The van der Waals surface area contributed by atoms with Crippen molar-refractivity contribution in [1.82, 2.24) is 0 Å². The smallest absolute Gasteiger partial charge is 0.109 e. The first-order valence-corrected chi connectivity index (χ1v) is 11.8. The number of fused-ring (bicyclic) bond motifs is 2. The van der Waals surface area contributed by atoms with Crippen LogP contribution in [0.2, 0.25) is 19.6 Å². The predicted molar refractivity (Wildman–Crippen MR) is 99.8 cm³/mol. The minimum Gasteiger partial charge on any atom is -0.386 e. The van der Waals surface area contributed by atoms with Crippen LogP contribution in [-0.4, -0.2) is 30.5 Å². The van der Waals surface area contributed by atoms with Crippen LogP contribution in [0.3, 0.4) is 0 Å². The zero-order chi connectivity index (χ0) is 17.6. The molecule has 0 saturated carbocycles. The van der Waals surface area contributed by atoms with E-state index in [0.29, 0.717) is 11.2 Å². The molecule has 0 spiro atoms. The van der Waals surface area contributed by atoms with Gasteiger partial charge in [0, 0.05) is 0 Å². The first-order valence-electron chi connectivity index (χ1n) is 8.83. The molecule has 0 radical (unpaired) electrons. The van der Waals surface area contributed by atoms with Crippen LogP contribution < -0.4 is 0 Å². The number of rotatable bonds is 2. The van der Waals surface area contributed by atoms with Crippen LogP contribution >= 0.6 is 0 Å². The average Bonchev–Trinajstić information content (AvgIpc) is 2.68. The molecule has 2 N–H and O–H groups in total. The number of aliphatic hydroxyl groups excluding tert-OH is 2. The van der Waals surface area contributed by atoms with Gasteiger partial charge in [0.25, 0.3) is 0 Å². The lowest BCUT2D eigenvalue weighted by Gasteiger charge is -2.20. The lowest BCUT2D eigenvalue weighted by Crippen LogP contribution is -2.26. The Balaban J connectivity index is 2.37. The monoisotopic (exact) mass is 327 g/mol. The molecule has 0 aromatic heterocycles. The van der Waals surface area contributed by atoms with Crippen LogP contribution in [0.25, 0.3) is 11.6 Å². The molecule has 0 aliphatic heterocycles. The minimum absolute atomic E-state index is 0.533. The highest BCUT2D eigenvalue weighted by molar-refractivity contribution is 6.81. The summed E-state index contributed by atoms with van der Waals surface area (Å²) in [4.78, 5) is 0. The second-order valence-electron chi connectivity index (χ2n) is 7.52. The molecule has 1 aromatic carbocycles. The fraction of sp³-hybridized carbons (Fsp3) is 0.400. The quantitative estimate of drug-likeness (QED) is 0.807. The summed E-state index contributed by atoms with van der Waals surface area (Å²) >= 11 is 0. The summed E-state index contributed by atoms with van der Waals surface area (Å²) in [5.74, 6) is 0. The fourth-order valence-corrected chi connectivity index (χ4v) is 4.78. The molecule has 3 heteroatoms. The van der Waals surface area contributed by atoms with E-state index in [1.807, 2.05) is 18.2 Å². The molecule has 122 valence electrons. The fourth-order valence-electron chi connectivity index (χ4n) is 3.70. The van der Waals surface area contributed by atoms with Crippen molar-refractivity contribution in [3.05, 3.63) is 58.3 Å². The number of aliphatic hydroxyl groups is 2. The van der Waals surface area contributed by atoms with E-state index in [2.05, 4.69) is 32.3 Å². The predicted octanol–water partition coefficient (Wildman–Crippen LogP) is 3.96. The molecule has 2 unspecified atom stereocenters. The lowest BCUT2D eigenvalue weighted by atomic mass is 9.90. The van der Waals surface area contributed by atoms with Crippen molar-refractivity contribution in [1.29, 1.82) is 0 Å². The third kappa shape index (κ3) is 2.89. The summed E-state index contributed by atoms with van der Waals surface area (Å²) in [5.41, 5.74) is 6.30. The van der Waals surface area contributed by atoms with Crippen molar-refractivity contribution < 1.29 is 11.6 Å². The maximum atomic E-state index is 10.7. The normalized spacial score (nSPS) is 27.1. The Morgan fingerprint density at radius 1 is 1.22 bits per heavy atom. The van der Waals surface area contributed by atoms with Gasteiger partial charge in [-0.2, -0.15) is 0 Å². The van der Waals surface area contributed by atoms with E-state index >= 15 is 0 Å². The van der Waals surface area contributed by atoms with E-state index in [1.54, 1.807) is 0 Å². The van der Waals surface area contributed by atoms with Gasteiger partial charge in [0.15, 0.2) is 0 Å². The highest BCUT2D eigenvalue weighted by atomic mass is 28.3. The molecule has 0 fully saturated rings. The van der Waals surface area contributed by atoms with E-state index in [4.69, 9.17) is 1.37 Å². The maximum Gasteiger partial charge on any atom is 0.109 e.